The van der Waals surface area contributed by atoms with Crippen molar-refractivity contribution in [1.29, 1.82) is 0 Å². The first-order valence-corrected chi connectivity index (χ1v) is 12.6. The van der Waals surface area contributed by atoms with Crippen molar-refractivity contribution in [2.75, 3.05) is 0 Å². The molecule has 0 rings (SSSR count). The molecule has 0 aliphatic rings. The van der Waals surface area contributed by atoms with Gasteiger partial charge in [-0.15, -0.1) is 0 Å². The molecule has 0 saturated carbocycles. The summed E-state index contributed by atoms with van der Waals surface area (Å²) in [4.78, 5) is 19.9. The summed E-state index contributed by atoms with van der Waals surface area (Å²) in [6.07, 6.45) is -5.92. The van der Waals surface area contributed by atoms with Crippen LogP contribution in [0, 0.1) is 0 Å². The van der Waals surface area contributed by atoms with Crippen LogP contribution in [0.3, 0.4) is 0 Å². The van der Waals surface area contributed by atoms with Crippen LogP contribution in [0.2, 0.25) is 8.97 Å². The van der Waals surface area contributed by atoms with Gasteiger partial charge in [-0.3, -0.25) is 9.59 Å². The van der Waals surface area contributed by atoms with E-state index >= 15 is 0 Å². The van der Waals surface area contributed by atoms with Gasteiger partial charge in [0.05, 0.1) is 6.42 Å². The van der Waals surface area contributed by atoms with Gasteiger partial charge in [0, 0.05) is 0 Å². The predicted molar refractivity (Wildman–Crippen MR) is 43.8 cm³/mol. The summed E-state index contributed by atoms with van der Waals surface area (Å²) in [5, 5.41) is 0. The SMILES string of the molecule is CC(=O)CC(=O)C(F)(F)F.[CH3][Tl][CH3]. The van der Waals surface area contributed by atoms with Gasteiger partial charge >= 0.3 is 39.4 Å². The molecule has 0 atom stereocenters. The normalized spacial score (nSPS) is 9.38. The van der Waals surface area contributed by atoms with Crippen LogP contribution in [-0.4, -0.2) is 42.0 Å². The molecule has 0 spiro atoms. The fourth-order valence-corrected chi connectivity index (χ4v) is 0.326. The number of Topliss-reactive ketones (excluding diaryl/α,β-unsaturated/α-hetero) is 2. The van der Waals surface area contributed by atoms with Gasteiger partial charge in [0.15, 0.2) is 0 Å². The molecule has 0 aliphatic carbocycles. The summed E-state index contributed by atoms with van der Waals surface area (Å²) < 4.78 is 38.6. The molecule has 0 saturated heterocycles. The van der Waals surface area contributed by atoms with Gasteiger partial charge in [0.25, 0.3) is 0 Å². The van der Waals surface area contributed by atoms with E-state index in [9.17, 15) is 22.8 Å². The molecular weight excluding hydrogens is 377 g/mol. The minimum atomic E-state index is -4.87. The minimum absolute atomic E-state index is 0.000000000000000111. The molecule has 75 valence electrons. The van der Waals surface area contributed by atoms with E-state index in [4.69, 9.17) is 0 Å². The first-order valence-electron chi connectivity index (χ1n) is 3.59. The fraction of sp³-hybridized carbons (Fsp3) is 0.714. The van der Waals surface area contributed by atoms with Crippen LogP contribution in [0.1, 0.15) is 13.3 Å². The van der Waals surface area contributed by atoms with Crippen molar-refractivity contribution < 1.29 is 22.8 Å². The number of ketones is 2. The molecule has 0 N–H and O–H groups in total. The second-order valence-electron chi connectivity index (χ2n) is 2.38. The van der Waals surface area contributed by atoms with Crippen LogP contribution < -0.4 is 0 Å². The molecular formula is C7H11F3O2Tl. The number of hydrogen-bond acceptors (Lipinski definition) is 2. The van der Waals surface area contributed by atoms with Crippen molar-refractivity contribution in [3.05, 3.63) is 0 Å². The summed E-state index contributed by atoms with van der Waals surface area (Å²) in [7, 11) is 0. The molecule has 0 unspecified atom stereocenters. The Kier molecular flexibility index (Phi) is 8.90. The zero-order valence-electron chi connectivity index (χ0n) is 7.73. The van der Waals surface area contributed by atoms with Crippen LogP contribution in [-0.2, 0) is 9.59 Å². The molecule has 0 amide bonds. The third-order valence-electron chi connectivity index (χ3n) is 0.726. The van der Waals surface area contributed by atoms with Crippen LogP contribution in [0.15, 0.2) is 0 Å². The monoisotopic (exact) mass is 389 g/mol. The number of rotatable bonds is 2. The molecule has 2 nitrogen and oxygen atoms in total. The van der Waals surface area contributed by atoms with Gasteiger partial charge in [0.1, 0.15) is 5.78 Å². The summed E-state index contributed by atoms with van der Waals surface area (Å²) >= 11 is -0.000000000000000111. The molecule has 13 heavy (non-hydrogen) atoms. The van der Waals surface area contributed by atoms with Crippen LogP contribution in [0.5, 0.6) is 0 Å². The van der Waals surface area contributed by atoms with Gasteiger partial charge in [-0.1, -0.05) is 0 Å². The molecule has 0 radical (unpaired) electrons. The summed E-state index contributed by atoms with van der Waals surface area (Å²) in [5.41, 5.74) is 0. The molecule has 6 heteroatoms. The fourth-order valence-electron chi connectivity index (χ4n) is 0.326. The van der Waals surface area contributed by atoms with E-state index in [1.54, 1.807) is 0 Å². The number of carbonyl (C=O) groups is 2. The Balaban J connectivity index is 0. The number of alkyl halides is 3. The molecule has 0 fully saturated rings. The standard InChI is InChI=1S/C5H5F3O2.2CH3.Tl/c1-3(9)2-4(10)5(6,7)8;;;/h2H2,1H3;2*1H3;. The molecule has 0 aromatic rings. The zero-order chi connectivity index (χ0) is 11.1. The number of halogens is 3. The van der Waals surface area contributed by atoms with Crippen molar-refractivity contribution in [2.24, 2.45) is 0 Å². The Hall–Kier alpha value is 0.0521. The molecule has 0 aromatic carbocycles. The van der Waals surface area contributed by atoms with Crippen molar-refractivity contribution >= 4 is 35.8 Å². The molecule has 0 aliphatic heterocycles. The van der Waals surface area contributed by atoms with Crippen molar-refractivity contribution in [1.82, 2.24) is 0 Å². The Morgan fingerprint density at radius 2 is 1.54 bits per heavy atom. The second-order valence-corrected chi connectivity index (χ2v) is 6.87. The van der Waals surface area contributed by atoms with E-state index in [0.717, 1.165) is 6.92 Å². The van der Waals surface area contributed by atoms with E-state index in [0.29, 0.717) is 0 Å². The van der Waals surface area contributed by atoms with Gasteiger partial charge in [-0.25, -0.2) is 0 Å². The van der Waals surface area contributed by atoms with E-state index in [-0.39, 0.29) is 24.2 Å². The first kappa shape index (κ1) is 15.5. The number of carbonyl (C=O) groups excluding carboxylic acids is 2. The predicted octanol–water partition coefficient (Wildman–Crippen LogP) is 1.88. The van der Waals surface area contributed by atoms with Gasteiger partial charge in [-0.2, -0.15) is 13.2 Å². The molecule has 0 heterocycles. The van der Waals surface area contributed by atoms with Crippen molar-refractivity contribution in [2.45, 2.75) is 28.5 Å². The quantitative estimate of drug-likeness (QED) is 0.535. The van der Waals surface area contributed by atoms with E-state index in [2.05, 4.69) is 8.97 Å². The Morgan fingerprint density at radius 3 is 1.62 bits per heavy atom. The average molecular weight is 389 g/mol. The topological polar surface area (TPSA) is 34.1 Å². The molecule has 0 aromatic heterocycles. The third-order valence-corrected chi connectivity index (χ3v) is 0.726. The van der Waals surface area contributed by atoms with Gasteiger partial charge in [-0.05, 0) is 6.92 Å². The van der Waals surface area contributed by atoms with Crippen LogP contribution in [0.4, 0.5) is 13.2 Å². The van der Waals surface area contributed by atoms with Crippen LogP contribution >= 0.6 is 0 Å². The molecule has 0 bridgehead atoms. The average Bonchev–Trinajstić information content (AvgIpc) is 1.85. The summed E-state index contributed by atoms with van der Waals surface area (Å²) in [6, 6.07) is 0. The van der Waals surface area contributed by atoms with Crippen molar-refractivity contribution in [3.63, 3.8) is 0 Å². The van der Waals surface area contributed by atoms with E-state index in [1.807, 2.05) is 0 Å². The van der Waals surface area contributed by atoms with Gasteiger partial charge < -0.3 is 0 Å². The second kappa shape index (κ2) is 7.46. The van der Waals surface area contributed by atoms with Crippen molar-refractivity contribution in [3.8, 4) is 0 Å². The van der Waals surface area contributed by atoms with Crippen LogP contribution in [0.25, 0.3) is 0 Å². The third kappa shape index (κ3) is 12.1. The maximum absolute atomic E-state index is 11.3. The first-order chi connectivity index (χ1) is 5.75. The van der Waals surface area contributed by atoms with E-state index < -0.39 is 24.2 Å². The van der Waals surface area contributed by atoms with E-state index in [1.165, 1.54) is 0 Å². The van der Waals surface area contributed by atoms with Gasteiger partial charge in [0.2, 0.25) is 5.78 Å². The number of hydrogen-bond donors (Lipinski definition) is 0. The Bertz CT molecular complexity index is 177. The Labute approximate surface area is 87.1 Å². The Morgan fingerprint density at radius 1 is 1.23 bits per heavy atom. The summed E-state index contributed by atoms with van der Waals surface area (Å²) in [6.45, 7) is 0.934. The maximum atomic E-state index is 11.3. The summed E-state index contributed by atoms with van der Waals surface area (Å²) in [5.74, 6) is -2.76. The zero-order valence-corrected chi connectivity index (χ0v) is 12.2.